The quantitative estimate of drug-likeness (QED) is 0.750. The molecule has 1 aromatic carbocycles. The van der Waals surface area contributed by atoms with E-state index >= 15 is 0 Å². The van der Waals surface area contributed by atoms with E-state index in [0.29, 0.717) is 6.42 Å². The van der Waals surface area contributed by atoms with Gasteiger partial charge in [-0.05, 0) is 30.9 Å². The SMILES string of the molecule is CC(C)CC[C@@H](O)[C@@H](N)c1c(F)cc(C(F)(F)F)cc1C(F)(F)F. The topological polar surface area (TPSA) is 46.2 Å². The maximum absolute atomic E-state index is 14.0. The smallest absolute Gasteiger partial charge is 0.391 e. The molecule has 0 spiro atoms. The van der Waals surface area contributed by atoms with Crippen LogP contribution in [-0.2, 0) is 12.4 Å². The Morgan fingerprint density at radius 3 is 1.96 bits per heavy atom. The first-order chi connectivity index (χ1) is 10.7. The summed E-state index contributed by atoms with van der Waals surface area (Å²) in [6.07, 6.45) is -11.5. The molecular weight excluding hydrogens is 343 g/mol. The van der Waals surface area contributed by atoms with E-state index in [1.807, 2.05) is 0 Å². The van der Waals surface area contributed by atoms with Crippen molar-refractivity contribution in [1.82, 2.24) is 0 Å². The predicted molar refractivity (Wildman–Crippen MR) is 73.4 cm³/mol. The van der Waals surface area contributed by atoms with Crippen LogP contribution >= 0.6 is 0 Å². The van der Waals surface area contributed by atoms with Crippen LogP contribution in [-0.4, -0.2) is 11.2 Å². The Morgan fingerprint density at radius 2 is 1.54 bits per heavy atom. The summed E-state index contributed by atoms with van der Waals surface area (Å²) < 4.78 is 91.0. The second-order valence-electron chi connectivity index (χ2n) is 5.98. The van der Waals surface area contributed by atoms with Gasteiger partial charge in [0.1, 0.15) is 5.82 Å². The number of nitrogens with two attached hydrogens (primary N) is 1. The molecule has 0 radical (unpaired) electrons. The average Bonchev–Trinajstić information content (AvgIpc) is 2.41. The number of hydrogen-bond donors (Lipinski definition) is 2. The van der Waals surface area contributed by atoms with Crippen molar-refractivity contribution in [2.75, 3.05) is 0 Å². The molecule has 0 bridgehead atoms. The van der Waals surface area contributed by atoms with E-state index in [2.05, 4.69) is 0 Å². The minimum atomic E-state index is -5.24. The number of rotatable bonds is 5. The summed E-state index contributed by atoms with van der Waals surface area (Å²) in [5.41, 5.74) is 0.759. The monoisotopic (exact) mass is 361 g/mol. The molecule has 0 amide bonds. The highest BCUT2D eigenvalue weighted by atomic mass is 19.4. The molecule has 0 saturated carbocycles. The number of halogens is 7. The first-order valence-corrected chi connectivity index (χ1v) is 7.16. The normalized spacial score (nSPS) is 15.7. The number of aliphatic hydroxyl groups is 1. The third-order valence-electron chi connectivity index (χ3n) is 3.55. The number of aliphatic hydroxyl groups excluding tert-OH is 1. The summed E-state index contributed by atoms with van der Waals surface area (Å²) in [4.78, 5) is 0. The standard InChI is InChI=1S/C15H18F7NO/c1-7(2)3-4-11(24)13(23)12-9(15(20,21)22)5-8(6-10(12)16)14(17,18)19/h5-7,11,13,24H,3-4,23H2,1-2H3/t11-,13-/m1/s1. The zero-order chi connectivity index (χ0) is 18.9. The molecule has 0 aliphatic carbocycles. The summed E-state index contributed by atoms with van der Waals surface area (Å²) in [6, 6.07) is -2.02. The minimum absolute atomic E-state index is 0.00338. The molecule has 0 aliphatic heterocycles. The summed E-state index contributed by atoms with van der Waals surface area (Å²) in [5.74, 6) is -1.63. The molecule has 0 unspecified atom stereocenters. The Kier molecular flexibility index (Phi) is 6.26. The van der Waals surface area contributed by atoms with Gasteiger partial charge in [-0.15, -0.1) is 0 Å². The van der Waals surface area contributed by atoms with E-state index in [4.69, 9.17) is 5.73 Å². The second kappa shape index (κ2) is 7.26. The van der Waals surface area contributed by atoms with Crippen LogP contribution in [0, 0.1) is 11.7 Å². The Morgan fingerprint density at radius 1 is 1.00 bits per heavy atom. The molecule has 9 heteroatoms. The fraction of sp³-hybridized carbons (Fsp3) is 0.600. The molecule has 0 saturated heterocycles. The molecule has 0 aromatic heterocycles. The van der Waals surface area contributed by atoms with Crippen LogP contribution in [0.5, 0.6) is 0 Å². The lowest BCUT2D eigenvalue weighted by Crippen LogP contribution is -2.30. The van der Waals surface area contributed by atoms with Crippen molar-refractivity contribution >= 4 is 0 Å². The van der Waals surface area contributed by atoms with Crippen molar-refractivity contribution in [3.8, 4) is 0 Å². The van der Waals surface area contributed by atoms with Crippen LogP contribution in [0.25, 0.3) is 0 Å². The summed E-state index contributed by atoms with van der Waals surface area (Å²) in [7, 11) is 0. The highest BCUT2D eigenvalue weighted by molar-refractivity contribution is 5.39. The van der Waals surface area contributed by atoms with Crippen molar-refractivity contribution in [1.29, 1.82) is 0 Å². The molecule has 0 aliphatic rings. The van der Waals surface area contributed by atoms with Gasteiger partial charge >= 0.3 is 12.4 Å². The van der Waals surface area contributed by atoms with E-state index in [1.54, 1.807) is 13.8 Å². The largest absolute Gasteiger partial charge is 0.416 e. The molecule has 0 fully saturated rings. The Bertz CT molecular complexity index is 566. The van der Waals surface area contributed by atoms with Crippen molar-refractivity contribution < 1.29 is 35.8 Å². The molecular formula is C15H18F7NO. The van der Waals surface area contributed by atoms with Gasteiger partial charge in [-0.1, -0.05) is 13.8 Å². The maximum Gasteiger partial charge on any atom is 0.416 e. The van der Waals surface area contributed by atoms with Gasteiger partial charge in [0.2, 0.25) is 0 Å². The lowest BCUT2D eigenvalue weighted by molar-refractivity contribution is -0.144. The van der Waals surface area contributed by atoms with Crippen molar-refractivity contribution in [2.45, 2.75) is 51.2 Å². The van der Waals surface area contributed by atoms with E-state index in [0.717, 1.165) is 0 Å². The summed E-state index contributed by atoms with van der Waals surface area (Å²) >= 11 is 0. The number of hydrogen-bond acceptors (Lipinski definition) is 2. The molecule has 3 N–H and O–H groups in total. The maximum atomic E-state index is 14.0. The van der Waals surface area contributed by atoms with Gasteiger partial charge in [-0.3, -0.25) is 0 Å². The van der Waals surface area contributed by atoms with Gasteiger partial charge < -0.3 is 10.8 Å². The van der Waals surface area contributed by atoms with E-state index in [-0.39, 0.29) is 24.5 Å². The van der Waals surface area contributed by atoms with Gasteiger partial charge in [0.15, 0.2) is 0 Å². The van der Waals surface area contributed by atoms with Crippen LogP contribution in [0.15, 0.2) is 12.1 Å². The predicted octanol–water partition coefficient (Wildman–Crippen LogP) is 4.66. The number of alkyl halides is 6. The van der Waals surface area contributed by atoms with Crippen LogP contribution in [0.3, 0.4) is 0 Å². The minimum Gasteiger partial charge on any atom is -0.391 e. The fourth-order valence-corrected chi connectivity index (χ4v) is 2.23. The van der Waals surface area contributed by atoms with Crippen LogP contribution < -0.4 is 5.73 Å². The fourth-order valence-electron chi connectivity index (χ4n) is 2.23. The zero-order valence-electron chi connectivity index (χ0n) is 13.0. The average molecular weight is 361 g/mol. The third kappa shape index (κ3) is 5.07. The summed E-state index contributed by atoms with van der Waals surface area (Å²) in [5, 5.41) is 9.88. The van der Waals surface area contributed by atoms with E-state index < -0.39 is 47.0 Å². The highest BCUT2D eigenvalue weighted by Crippen LogP contribution is 2.41. The van der Waals surface area contributed by atoms with Gasteiger partial charge in [-0.25, -0.2) is 4.39 Å². The van der Waals surface area contributed by atoms with E-state index in [1.165, 1.54) is 0 Å². The van der Waals surface area contributed by atoms with Crippen molar-refractivity contribution in [3.63, 3.8) is 0 Å². The van der Waals surface area contributed by atoms with Crippen molar-refractivity contribution in [2.24, 2.45) is 11.7 Å². The molecule has 1 rings (SSSR count). The molecule has 24 heavy (non-hydrogen) atoms. The van der Waals surface area contributed by atoms with Crippen LogP contribution in [0.4, 0.5) is 30.7 Å². The second-order valence-corrected chi connectivity index (χ2v) is 5.98. The van der Waals surface area contributed by atoms with Gasteiger partial charge in [0.05, 0.1) is 23.3 Å². The van der Waals surface area contributed by atoms with Gasteiger partial charge in [-0.2, -0.15) is 26.3 Å². The van der Waals surface area contributed by atoms with Gasteiger partial charge in [0.25, 0.3) is 0 Å². The molecule has 2 atom stereocenters. The van der Waals surface area contributed by atoms with Gasteiger partial charge in [0, 0.05) is 5.56 Å². The van der Waals surface area contributed by atoms with Crippen LogP contribution in [0.1, 0.15) is 49.4 Å². The first kappa shape index (κ1) is 20.7. The Hall–Kier alpha value is -1.35. The molecule has 0 heterocycles. The summed E-state index contributed by atoms with van der Waals surface area (Å²) in [6.45, 7) is 3.61. The van der Waals surface area contributed by atoms with E-state index in [9.17, 15) is 35.8 Å². The lowest BCUT2D eigenvalue weighted by Gasteiger charge is -2.25. The molecule has 138 valence electrons. The lowest BCUT2D eigenvalue weighted by atomic mass is 9.91. The molecule has 1 aromatic rings. The molecule has 2 nitrogen and oxygen atoms in total. The van der Waals surface area contributed by atoms with Crippen LogP contribution in [0.2, 0.25) is 0 Å². The van der Waals surface area contributed by atoms with Crippen molar-refractivity contribution in [3.05, 3.63) is 34.6 Å². The Balaban J connectivity index is 3.36. The first-order valence-electron chi connectivity index (χ1n) is 7.16. The third-order valence-corrected chi connectivity index (χ3v) is 3.55. The Labute approximate surface area is 134 Å². The number of benzene rings is 1. The highest BCUT2D eigenvalue weighted by Gasteiger charge is 2.41. The zero-order valence-corrected chi connectivity index (χ0v) is 13.0.